The molecule has 0 amide bonds. The molecule has 0 saturated carbocycles. The molecule has 50 heavy (non-hydrogen) atoms. The van der Waals surface area contributed by atoms with Crippen molar-refractivity contribution in [3.05, 3.63) is 188 Å². The molecule has 7 aromatic carbocycles. The second kappa shape index (κ2) is 11.5. The molecule has 0 fully saturated rings. The van der Waals surface area contributed by atoms with Gasteiger partial charge in [-0.2, -0.15) is 4.57 Å². The van der Waals surface area contributed by atoms with Crippen LogP contribution in [0.2, 0.25) is 0 Å². The van der Waals surface area contributed by atoms with Crippen molar-refractivity contribution in [3.63, 3.8) is 0 Å². The summed E-state index contributed by atoms with van der Waals surface area (Å²) < 4.78 is 10.9. The Hall–Kier alpha value is -6.71. The third-order valence-electron chi connectivity index (χ3n) is 9.88. The third kappa shape index (κ3) is 4.56. The molecule has 10 aromatic rings. The maximum atomic E-state index is 6.20. The van der Waals surface area contributed by atoms with E-state index in [0.717, 1.165) is 50.1 Å². The molecule has 0 atom stereocenters. The Morgan fingerprint density at radius 2 is 1.10 bits per heavy atom. The molecule has 0 saturated heterocycles. The fourth-order valence-electron chi connectivity index (χ4n) is 7.56. The van der Waals surface area contributed by atoms with Crippen molar-refractivity contribution >= 4 is 43.7 Å². The van der Waals surface area contributed by atoms with E-state index in [4.69, 9.17) is 4.42 Å². The van der Waals surface area contributed by atoms with Crippen LogP contribution in [0.1, 0.15) is 0 Å². The standard InChI is InChI=1S/C47H31N2O/c1-3-13-32(14-4-1)33-15-11-16-35(29-33)44-30-34(27-28-48(44)37-25-26-46-42(31-37)40-20-8-10-24-45(40)50-46)38-21-12-22-41-39-19-7-9-23-43(39)49(47(38)41)36-17-5-2-6-18-36/h1-31H/q+1. The van der Waals surface area contributed by atoms with Crippen molar-refractivity contribution in [2.45, 2.75) is 0 Å². The fourth-order valence-corrected chi connectivity index (χ4v) is 7.56. The number of pyridine rings is 1. The first-order valence-corrected chi connectivity index (χ1v) is 17.0. The van der Waals surface area contributed by atoms with Crippen LogP contribution < -0.4 is 4.57 Å². The number of rotatable bonds is 5. The van der Waals surface area contributed by atoms with E-state index < -0.39 is 0 Å². The molecule has 0 aliphatic rings. The van der Waals surface area contributed by atoms with E-state index in [9.17, 15) is 0 Å². The van der Waals surface area contributed by atoms with Gasteiger partial charge < -0.3 is 8.98 Å². The van der Waals surface area contributed by atoms with Crippen LogP contribution in [0.4, 0.5) is 0 Å². The first kappa shape index (κ1) is 28.3. The molecule has 3 heteroatoms. The quantitative estimate of drug-likeness (QED) is 0.172. The number of fused-ring (bicyclic) bond motifs is 6. The summed E-state index contributed by atoms with van der Waals surface area (Å²) in [6.07, 6.45) is 2.22. The molecule has 0 unspecified atom stereocenters. The molecule has 0 spiro atoms. The highest BCUT2D eigenvalue weighted by atomic mass is 16.3. The minimum absolute atomic E-state index is 0.889. The molecule has 10 rings (SSSR count). The molecule has 0 bridgehead atoms. The van der Waals surface area contributed by atoms with E-state index in [2.05, 4.69) is 185 Å². The molecule has 0 aliphatic heterocycles. The van der Waals surface area contributed by atoms with Gasteiger partial charge in [-0.05, 0) is 59.2 Å². The molecular formula is C47H31N2O+. The van der Waals surface area contributed by atoms with E-state index in [1.54, 1.807) is 0 Å². The van der Waals surface area contributed by atoms with Crippen molar-refractivity contribution in [2.24, 2.45) is 0 Å². The molecule has 0 radical (unpaired) electrons. The molecular weight excluding hydrogens is 609 g/mol. The summed E-state index contributed by atoms with van der Waals surface area (Å²) in [5.41, 5.74) is 13.4. The number of hydrogen-bond acceptors (Lipinski definition) is 1. The summed E-state index contributed by atoms with van der Waals surface area (Å²) >= 11 is 0. The first-order valence-electron chi connectivity index (χ1n) is 17.0. The average Bonchev–Trinajstić information content (AvgIpc) is 3.74. The van der Waals surface area contributed by atoms with E-state index in [1.165, 1.54) is 38.5 Å². The summed E-state index contributed by atoms with van der Waals surface area (Å²) in [4.78, 5) is 0. The Bertz CT molecular complexity index is 2860. The zero-order chi connectivity index (χ0) is 33.0. The van der Waals surface area contributed by atoms with Crippen LogP contribution >= 0.6 is 0 Å². The largest absolute Gasteiger partial charge is 0.456 e. The van der Waals surface area contributed by atoms with Crippen molar-refractivity contribution in [1.29, 1.82) is 0 Å². The van der Waals surface area contributed by atoms with Crippen molar-refractivity contribution in [3.8, 4) is 44.9 Å². The zero-order valence-electron chi connectivity index (χ0n) is 27.2. The smallest absolute Gasteiger partial charge is 0.219 e. The molecule has 234 valence electrons. The van der Waals surface area contributed by atoms with Gasteiger partial charge in [-0.1, -0.05) is 115 Å². The third-order valence-corrected chi connectivity index (χ3v) is 9.88. The van der Waals surface area contributed by atoms with Gasteiger partial charge in [0.2, 0.25) is 11.4 Å². The van der Waals surface area contributed by atoms with Crippen molar-refractivity contribution < 1.29 is 8.98 Å². The predicted octanol–water partition coefficient (Wildman–Crippen LogP) is 12.0. The van der Waals surface area contributed by atoms with Gasteiger partial charge in [0.1, 0.15) is 11.2 Å². The van der Waals surface area contributed by atoms with E-state index >= 15 is 0 Å². The normalized spacial score (nSPS) is 11.6. The van der Waals surface area contributed by atoms with Gasteiger partial charge in [-0.3, -0.25) is 0 Å². The zero-order valence-corrected chi connectivity index (χ0v) is 27.2. The lowest BCUT2D eigenvalue weighted by molar-refractivity contribution is -0.583. The maximum Gasteiger partial charge on any atom is 0.219 e. The summed E-state index contributed by atoms with van der Waals surface area (Å²) in [6.45, 7) is 0. The lowest BCUT2D eigenvalue weighted by Gasteiger charge is -2.13. The highest BCUT2D eigenvalue weighted by Gasteiger charge is 2.22. The Morgan fingerprint density at radius 1 is 0.420 bits per heavy atom. The lowest BCUT2D eigenvalue weighted by Crippen LogP contribution is -2.33. The fraction of sp³-hybridized carbons (Fsp3) is 0. The lowest BCUT2D eigenvalue weighted by atomic mass is 9.98. The van der Waals surface area contributed by atoms with Gasteiger partial charge >= 0.3 is 0 Å². The minimum atomic E-state index is 0.889. The van der Waals surface area contributed by atoms with Crippen LogP contribution in [0.5, 0.6) is 0 Å². The molecule has 3 aromatic heterocycles. The van der Waals surface area contributed by atoms with Gasteiger partial charge in [0.05, 0.1) is 11.0 Å². The number of nitrogens with zero attached hydrogens (tertiary/aromatic N) is 2. The number of aromatic nitrogens is 2. The monoisotopic (exact) mass is 639 g/mol. The molecule has 0 N–H and O–H groups in total. The highest BCUT2D eigenvalue weighted by Crippen LogP contribution is 2.39. The predicted molar refractivity (Wildman–Crippen MR) is 206 cm³/mol. The second-order valence-corrected chi connectivity index (χ2v) is 12.8. The molecule has 0 aliphatic carbocycles. The maximum absolute atomic E-state index is 6.20. The molecule has 3 heterocycles. The Kier molecular flexibility index (Phi) is 6.49. The van der Waals surface area contributed by atoms with Crippen LogP contribution in [0.25, 0.3) is 88.6 Å². The summed E-state index contributed by atoms with van der Waals surface area (Å²) in [5.74, 6) is 0. The van der Waals surface area contributed by atoms with Gasteiger partial charge in [0.25, 0.3) is 0 Å². The highest BCUT2D eigenvalue weighted by molar-refractivity contribution is 6.14. The molecule has 3 nitrogen and oxygen atoms in total. The average molecular weight is 640 g/mol. The minimum Gasteiger partial charge on any atom is -0.456 e. The van der Waals surface area contributed by atoms with Crippen LogP contribution in [-0.4, -0.2) is 4.57 Å². The van der Waals surface area contributed by atoms with E-state index in [0.29, 0.717) is 0 Å². The summed E-state index contributed by atoms with van der Waals surface area (Å²) in [6, 6.07) is 64.9. The topological polar surface area (TPSA) is 21.9 Å². The number of furan rings is 1. The van der Waals surface area contributed by atoms with Gasteiger partial charge in [0, 0.05) is 62.6 Å². The number of hydrogen-bond donors (Lipinski definition) is 0. The van der Waals surface area contributed by atoms with Crippen molar-refractivity contribution in [1.82, 2.24) is 4.57 Å². The second-order valence-electron chi connectivity index (χ2n) is 12.8. The first-order chi connectivity index (χ1) is 24.8. The van der Waals surface area contributed by atoms with E-state index in [-0.39, 0.29) is 0 Å². The Morgan fingerprint density at radius 3 is 1.98 bits per heavy atom. The van der Waals surface area contributed by atoms with Crippen LogP contribution in [0.3, 0.4) is 0 Å². The summed E-state index contributed by atoms with van der Waals surface area (Å²) in [5, 5.41) is 4.71. The van der Waals surface area contributed by atoms with Gasteiger partial charge in [-0.15, -0.1) is 0 Å². The Balaban J connectivity index is 1.24. The van der Waals surface area contributed by atoms with Crippen LogP contribution in [-0.2, 0) is 0 Å². The Labute approximate surface area is 289 Å². The number of para-hydroxylation sites is 4. The SMILES string of the molecule is c1ccc(-c2cccc(-c3cc(-c4cccc5c6ccccc6n(-c6ccccc6)c45)cc[n+]3-c3ccc4oc5ccccc5c4c3)c2)cc1. The van der Waals surface area contributed by atoms with Crippen LogP contribution in [0, 0.1) is 0 Å². The van der Waals surface area contributed by atoms with E-state index in [1.807, 2.05) is 12.1 Å². The van der Waals surface area contributed by atoms with Gasteiger partial charge in [0.15, 0.2) is 6.20 Å². The number of benzene rings is 7. The van der Waals surface area contributed by atoms with Crippen LogP contribution in [0.15, 0.2) is 193 Å². The van der Waals surface area contributed by atoms with Crippen molar-refractivity contribution in [2.75, 3.05) is 0 Å². The van der Waals surface area contributed by atoms with Gasteiger partial charge in [-0.25, -0.2) is 0 Å². The summed E-state index contributed by atoms with van der Waals surface area (Å²) in [7, 11) is 0.